The molecule has 2 rings (SSSR count). The summed E-state index contributed by atoms with van der Waals surface area (Å²) in [6.07, 6.45) is 6.74. The topological polar surface area (TPSA) is 54.9 Å². The van der Waals surface area contributed by atoms with Gasteiger partial charge in [0.2, 0.25) is 5.91 Å². The largest absolute Gasteiger partial charge is 0.309 e. The summed E-state index contributed by atoms with van der Waals surface area (Å²) in [5, 5.41) is 2.72. The first kappa shape index (κ1) is 13.0. The maximum Gasteiger partial charge on any atom is 0.226 e. The zero-order chi connectivity index (χ0) is 13.5. The predicted molar refractivity (Wildman–Crippen MR) is 74.7 cm³/mol. The number of nitrogens with one attached hydrogen (secondary N) is 1. The molecule has 0 aliphatic carbocycles. The lowest BCUT2D eigenvalue weighted by Gasteiger charge is -2.12. The maximum absolute atomic E-state index is 11.9. The molecule has 0 aliphatic rings. The number of allylic oxidation sites excluding steroid dienone is 1. The van der Waals surface area contributed by atoms with Gasteiger partial charge in [0.25, 0.3) is 0 Å². The zero-order valence-electron chi connectivity index (χ0n) is 10.5. The summed E-state index contributed by atoms with van der Waals surface area (Å²) in [5.74, 6) is 0.357. The number of anilines is 1. The van der Waals surface area contributed by atoms with E-state index in [1.165, 1.54) is 12.4 Å². The van der Waals surface area contributed by atoms with Crippen LogP contribution >= 0.6 is 0 Å². The minimum Gasteiger partial charge on any atom is -0.309 e. The maximum atomic E-state index is 11.9. The van der Waals surface area contributed by atoms with Crippen molar-refractivity contribution >= 4 is 11.7 Å². The van der Waals surface area contributed by atoms with Gasteiger partial charge in [0.1, 0.15) is 0 Å². The van der Waals surface area contributed by atoms with Crippen molar-refractivity contribution in [3.63, 3.8) is 0 Å². The first-order chi connectivity index (χ1) is 9.29. The third-order valence-electron chi connectivity index (χ3n) is 2.75. The van der Waals surface area contributed by atoms with Gasteiger partial charge in [0, 0.05) is 24.7 Å². The summed E-state index contributed by atoms with van der Waals surface area (Å²) in [5.41, 5.74) is 1.08. The lowest BCUT2D eigenvalue weighted by atomic mass is 9.95. The molecule has 1 N–H and O–H groups in total. The molecule has 1 atom stereocenters. The molecule has 0 radical (unpaired) electrons. The number of benzene rings is 1. The van der Waals surface area contributed by atoms with Gasteiger partial charge < -0.3 is 5.32 Å². The average Bonchev–Trinajstić information content (AvgIpc) is 2.47. The number of rotatable bonds is 5. The normalized spacial score (nSPS) is 11.6. The highest BCUT2D eigenvalue weighted by molar-refractivity contribution is 5.90. The summed E-state index contributed by atoms with van der Waals surface area (Å²) < 4.78 is 0. The van der Waals surface area contributed by atoms with Crippen molar-refractivity contribution in [3.8, 4) is 0 Å². The molecular formula is C15H15N3O. The van der Waals surface area contributed by atoms with E-state index in [-0.39, 0.29) is 11.8 Å². The minimum atomic E-state index is -0.103. The number of carbonyl (C=O) groups is 1. The third kappa shape index (κ3) is 3.74. The molecule has 0 saturated carbocycles. The van der Waals surface area contributed by atoms with E-state index >= 15 is 0 Å². The van der Waals surface area contributed by atoms with Crippen LogP contribution in [0.25, 0.3) is 0 Å². The van der Waals surface area contributed by atoms with E-state index in [9.17, 15) is 4.79 Å². The van der Waals surface area contributed by atoms with E-state index in [2.05, 4.69) is 21.9 Å². The van der Waals surface area contributed by atoms with E-state index in [0.29, 0.717) is 12.2 Å². The number of amides is 1. The second-order valence-electron chi connectivity index (χ2n) is 4.10. The van der Waals surface area contributed by atoms with Gasteiger partial charge in [0.15, 0.2) is 5.82 Å². The van der Waals surface area contributed by atoms with Crippen molar-refractivity contribution in [2.24, 2.45) is 0 Å². The van der Waals surface area contributed by atoms with E-state index in [4.69, 9.17) is 0 Å². The lowest BCUT2D eigenvalue weighted by Crippen LogP contribution is -2.15. The number of hydrogen-bond donors (Lipinski definition) is 1. The van der Waals surface area contributed by atoms with Gasteiger partial charge in [0.05, 0.1) is 6.20 Å². The molecule has 0 bridgehead atoms. The van der Waals surface area contributed by atoms with Gasteiger partial charge >= 0.3 is 0 Å². The Bertz CT molecular complexity index is 540. The molecule has 4 heteroatoms. The first-order valence-corrected chi connectivity index (χ1v) is 6.03. The van der Waals surface area contributed by atoms with Gasteiger partial charge in [-0.05, 0) is 5.56 Å². The molecule has 0 saturated heterocycles. The Morgan fingerprint density at radius 2 is 2.11 bits per heavy atom. The second kappa shape index (κ2) is 6.44. The Morgan fingerprint density at radius 1 is 1.32 bits per heavy atom. The smallest absolute Gasteiger partial charge is 0.226 e. The van der Waals surface area contributed by atoms with Crippen LogP contribution in [0, 0.1) is 0 Å². The summed E-state index contributed by atoms with van der Waals surface area (Å²) in [6, 6.07) is 9.83. The quantitative estimate of drug-likeness (QED) is 0.834. The minimum absolute atomic E-state index is 0.00197. The van der Waals surface area contributed by atoms with Crippen LogP contribution in [-0.4, -0.2) is 15.9 Å². The van der Waals surface area contributed by atoms with Crippen molar-refractivity contribution in [2.45, 2.75) is 12.3 Å². The molecule has 0 unspecified atom stereocenters. The van der Waals surface area contributed by atoms with Gasteiger partial charge in [-0.25, -0.2) is 4.98 Å². The van der Waals surface area contributed by atoms with Crippen molar-refractivity contribution in [1.29, 1.82) is 0 Å². The fourth-order valence-corrected chi connectivity index (χ4v) is 1.79. The van der Waals surface area contributed by atoms with Crippen LogP contribution in [0.5, 0.6) is 0 Å². The van der Waals surface area contributed by atoms with Crippen molar-refractivity contribution in [3.05, 3.63) is 67.1 Å². The SMILES string of the molecule is C=C[C@@H](CC(=O)Nc1cnccn1)c1ccccc1. The molecule has 1 heterocycles. The van der Waals surface area contributed by atoms with Gasteiger partial charge in [-0.1, -0.05) is 36.4 Å². The monoisotopic (exact) mass is 253 g/mol. The van der Waals surface area contributed by atoms with Gasteiger partial charge in [-0.15, -0.1) is 6.58 Å². The van der Waals surface area contributed by atoms with Crippen molar-refractivity contribution in [1.82, 2.24) is 9.97 Å². The molecular weight excluding hydrogens is 238 g/mol. The van der Waals surface area contributed by atoms with Crippen molar-refractivity contribution in [2.75, 3.05) is 5.32 Å². The van der Waals surface area contributed by atoms with Crippen LogP contribution in [-0.2, 0) is 4.79 Å². The Labute approximate surface area is 112 Å². The molecule has 0 spiro atoms. The van der Waals surface area contributed by atoms with E-state index < -0.39 is 0 Å². The number of aromatic nitrogens is 2. The van der Waals surface area contributed by atoms with Crippen LogP contribution < -0.4 is 5.32 Å². The molecule has 1 aromatic heterocycles. The third-order valence-corrected chi connectivity index (χ3v) is 2.75. The van der Waals surface area contributed by atoms with E-state index in [1.807, 2.05) is 30.3 Å². The van der Waals surface area contributed by atoms with E-state index in [1.54, 1.807) is 12.3 Å². The molecule has 1 amide bonds. The molecule has 19 heavy (non-hydrogen) atoms. The molecule has 0 aliphatic heterocycles. The van der Waals surface area contributed by atoms with Gasteiger partial charge in [-0.3, -0.25) is 9.78 Å². The van der Waals surface area contributed by atoms with E-state index in [0.717, 1.165) is 5.56 Å². The summed E-state index contributed by atoms with van der Waals surface area (Å²) in [4.78, 5) is 19.8. The highest BCUT2D eigenvalue weighted by atomic mass is 16.1. The Balaban J connectivity index is 1.99. The van der Waals surface area contributed by atoms with Crippen LogP contribution in [0.15, 0.2) is 61.6 Å². The number of carbonyl (C=O) groups excluding carboxylic acids is 1. The fourth-order valence-electron chi connectivity index (χ4n) is 1.79. The van der Waals surface area contributed by atoms with Gasteiger partial charge in [-0.2, -0.15) is 0 Å². The molecule has 2 aromatic rings. The fraction of sp³-hybridized carbons (Fsp3) is 0.133. The van der Waals surface area contributed by atoms with Crippen LogP contribution in [0.1, 0.15) is 17.9 Å². The summed E-state index contributed by atoms with van der Waals surface area (Å²) in [6.45, 7) is 3.79. The predicted octanol–water partition coefficient (Wildman–Crippen LogP) is 2.78. The summed E-state index contributed by atoms with van der Waals surface area (Å²) >= 11 is 0. The lowest BCUT2D eigenvalue weighted by molar-refractivity contribution is -0.116. The standard InChI is InChI=1S/C15H15N3O/c1-2-12(13-6-4-3-5-7-13)10-15(19)18-14-11-16-8-9-17-14/h2-9,11-12H,1,10H2,(H,17,18,19)/t12-/m0/s1. The zero-order valence-corrected chi connectivity index (χ0v) is 10.5. The van der Waals surface area contributed by atoms with Crippen LogP contribution in [0.3, 0.4) is 0 Å². The molecule has 4 nitrogen and oxygen atoms in total. The summed E-state index contributed by atoms with van der Waals surface area (Å²) in [7, 11) is 0. The van der Waals surface area contributed by atoms with Crippen LogP contribution in [0.2, 0.25) is 0 Å². The first-order valence-electron chi connectivity index (χ1n) is 6.03. The Kier molecular flexibility index (Phi) is 4.39. The highest BCUT2D eigenvalue weighted by Gasteiger charge is 2.13. The Hall–Kier alpha value is -2.49. The average molecular weight is 253 g/mol. The second-order valence-corrected chi connectivity index (χ2v) is 4.10. The number of nitrogens with zero attached hydrogens (tertiary/aromatic N) is 2. The van der Waals surface area contributed by atoms with Crippen molar-refractivity contribution < 1.29 is 4.79 Å². The van der Waals surface area contributed by atoms with Crippen LogP contribution in [0.4, 0.5) is 5.82 Å². The Morgan fingerprint density at radius 3 is 2.74 bits per heavy atom. The molecule has 96 valence electrons. The molecule has 1 aromatic carbocycles. The number of hydrogen-bond acceptors (Lipinski definition) is 3. The molecule has 0 fully saturated rings. The highest BCUT2D eigenvalue weighted by Crippen LogP contribution is 2.20.